The van der Waals surface area contributed by atoms with Gasteiger partial charge in [0.05, 0.1) is 16.1 Å². The summed E-state index contributed by atoms with van der Waals surface area (Å²) < 4.78 is 0. The molecular formula is C21H28N4OS2. The van der Waals surface area contributed by atoms with E-state index in [2.05, 4.69) is 28.3 Å². The zero-order valence-corrected chi connectivity index (χ0v) is 18.3. The summed E-state index contributed by atoms with van der Waals surface area (Å²) in [6.07, 6.45) is 2.07. The Morgan fingerprint density at radius 3 is 2.57 bits per heavy atom. The van der Waals surface area contributed by atoms with E-state index in [4.69, 9.17) is 4.98 Å². The first kappa shape index (κ1) is 19.7. The van der Waals surface area contributed by atoms with Gasteiger partial charge in [-0.15, -0.1) is 11.3 Å². The number of rotatable bonds is 4. The third-order valence-corrected chi connectivity index (χ3v) is 7.58. The maximum absolute atomic E-state index is 13.4. The standard InChI is InChI=1S/C21H28N4OS2/c1-23-9-7-16(8-10-23)24(2)21(26)17-5-6-18(19-4-3-13-28-19)22-20(17)25-11-14-27-15-12-25/h3-6,13,16H,7-12,14-15H2,1-2H3. The number of nitrogens with zero attached hydrogens (tertiary/aromatic N) is 4. The van der Waals surface area contributed by atoms with Crippen molar-refractivity contribution < 1.29 is 4.79 Å². The number of thioether (sulfide) groups is 1. The van der Waals surface area contributed by atoms with E-state index < -0.39 is 0 Å². The zero-order valence-electron chi connectivity index (χ0n) is 16.6. The van der Waals surface area contributed by atoms with Crippen LogP contribution in [0, 0.1) is 0 Å². The van der Waals surface area contributed by atoms with Crippen molar-refractivity contribution in [1.82, 2.24) is 14.8 Å². The number of hydrogen-bond donors (Lipinski definition) is 0. The molecule has 0 atom stereocenters. The third kappa shape index (κ3) is 4.21. The lowest BCUT2D eigenvalue weighted by atomic mass is 10.0. The molecule has 5 nitrogen and oxygen atoms in total. The molecule has 4 rings (SSSR count). The topological polar surface area (TPSA) is 39.7 Å². The summed E-state index contributed by atoms with van der Waals surface area (Å²) in [6, 6.07) is 8.45. The van der Waals surface area contributed by atoms with Crippen LogP contribution in [-0.2, 0) is 0 Å². The van der Waals surface area contributed by atoms with Crippen LogP contribution in [0.4, 0.5) is 5.82 Å². The Morgan fingerprint density at radius 1 is 1.14 bits per heavy atom. The second-order valence-electron chi connectivity index (χ2n) is 7.59. The van der Waals surface area contributed by atoms with Crippen molar-refractivity contribution >= 4 is 34.8 Å². The van der Waals surface area contributed by atoms with E-state index in [0.29, 0.717) is 6.04 Å². The average Bonchev–Trinajstić information content (AvgIpc) is 3.28. The molecule has 7 heteroatoms. The van der Waals surface area contributed by atoms with Crippen LogP contribution in [0.3, 0.4) is 0 Å². The van der Waals surface area contributed by atoms with Gasteiger partial charge in [0.2, 0.25) is 0 Å². The first-order chi connectivity index (χ1) is 13.6. The summed E-state index contributed by atoms with van der Waals surface area (Å²) in [5.41, 5.74) is 1.70. The van der Waals surface area contributed by atoms with Crippen molar-refractivity contribution in [1.29, 1.82) is 0 Å². The maximum Gasteiger partial charge on any atom is 0.257 e. The summed E-state index contributed by atoms with van der Waals surface area (Å²) in [7, 11) is 4.11. The lowest BCUT2D eigenvalue weighted by Crippen LogP contribution is -2.45. The van der Waals surface area contributed by atoms with Gasteiger partial charge in [0.1, 0.15) is 5.82 Å². The van der Waals surface area contributed by atoms with E-state index in [9.17, 15) is 4.79 Å². The minimum atomic E-state index is 0.105. The van der Waals surface area contributed by atoms with Gasteiger partial charge in [0.25, 0.3) is 5.91 Å². The molecule has 2 fully saturated rings. The van der Waals surface area contributed by atoms with Gasteiger partial charge in [-0.3, -0.25) is 4.79 Å². The summed E-state index contributed by atoms with van der Waals surface area (Å²) in [4.78, 5) is 26.1. The molecule has 0 aromatic carbocycles. The predicted octanol–water partition coefficient (Wildman–Crippen LogP) is 3.53. The van der Waals surface area contributed by atoms with Crippen molar-refractivity contribution in [3.05, 3.63) is 35.2 Å². The number of piperidine rings is 1. The van der Waals surface area contributed by atoms with Crippen molar-refractivity contribution in [2.45, 2.75) is 18.9 Å². The number of carbonyl (C=O) groups is 1. The van der Waals surface area contributed by atoms with E-state index in [1.165, 1.54) is 0 Å². The first-order valence-electron chi connectivity index (χ1n) is 9.97. The summed E-state index contributed by atoms with van der Waals surface area (Å²) in [5, 5.41) is 2.07. The molecule has 0 radical (unpaired) electrons. The fourth-order valence-corrected chi connectivity index (χ4v) is 5.53. The van der Waals surface area contributed by atoms with Crippen LogP contribution in [0.5, 0.6) is 0 Å². The van der Waals surface area contributed by atoms with Crippen LogP contribution in [0.25, 0.3) is 10.6 Å². The lowest BCUT2D eigenvalue weighted by molar-refractivity contribution is 0.0660. The molecule has 28 heavy (non-hydrogen) atoms. The van der Waals surface area contributed by atoms with Gasteiger partial charge >= 0.3 is 0 Å². The van der Waals surface area contributed by atoms with Gasteiger partial charge in [-0.05, 0) is 56.6 Å². The van der Waals surface area contributed by atoms with Crippen LogP contribution >= 0.6 is 23.1 Å². The number of carbonyl (C=O) groups excluding carboxylic acids is 1. The fourth-order valence-electron chi connectivity index (χ4n) is 3.93. The minimum absolute atomic E-state index is 0.105. The van der Waals surface area contributed by atoms with Gasteiger partial charge in [-0.2, -0.15) is 11.8 Å². The van der Waals surface area contributed by atoms with Crippen molar-refractivity contribution in [2.75, 3.05) is 56.7 Å². The highest BCUT2D eigenvalue weighted by Gasteiger charge is 2.28. The highest BCUT2D eigenvalue weighted by atomic mass is 32.2. The Morgan fingerprint density at radius 2 is 1.89 bits per heavy atom. The number of hydrogen-bond acceptors (Lipinski definition) is 6. The fraction of sp³-hybridized carbons (Fsp3) is 0.524. The molecule has 0 N–H and O–H groups in total. The maximum atomic E-state index is 13.4. The van der Waals surface area contributed by atoms with Crippen LogP contribution in [0.1, 0.15) is 23.2 Å². The molecule has 2 aromatic heterocycles. The summed E-state index contributed by atoms with van der Waals surface area (Å²) in [6.45, 7) is 4.00. The molecule has 2 aliphatic rings. The molecule has 4 heterocycles. The molecule has 0 saturated carbocycles. The smallest absolute Gasteiger partial charge is 0.257 e. The Bertz CT molecular complexity index is 797. The van der Waals surface area contributed by atoms with Gasteiger partial charge in [-0.1, -0.05) is 6.07 Å². The zero-order chi connectivity index (χ0) is 19.5. The molecule has 0 aliphatic carbocycles. The van der Waals surface area contributed by atoms with E-state index >= 15 is 0 Å². The van der Waals surface area contributed by atoms with E-state index in [1.807, 2.05) is 41.9 Å². The number of aromatic nitrogens is 1. The Hall–Kier alpha value is -1.57. The molecule has 0 unspecified atom stereocenters. The SMILES string of the molecule is CN1CCC(N(C)C(=O)c2ccc(-c3cccs3)nc2N2CCSCC2)CC1. The third-order valence-electron chi connectivity index (χ3n) is 5.75. The summed E-state index contributed by atoms with van der Waals surface area (Å²) in [5.74, 6) is 3.14. The van der Waals surface area contributed by atoms with E-state index in [0.717, 1.165) is 72.5 Å². The van der Waals surface area contributed by atoms with Crippen molar-refractivity contribution in [3.8, 4) is 10.6 Å². The molecule has 2 aliphatic heterocycles. The number of likely N-dealkylation sites (tertiary alicyclic amines) is 1. The van der Waals surface area contributed by atoms with Crippen LogP contribution in [0.15, 0.2) is 29.6 Å². The van der Waals surface area contributed by atoms with Crippen molar-refractivity contribution in [2.24, 2.45) is 0 Å². The predicted molar refractivity (Wildman–Crippen MR) is 120 cm³/mol. The Balaban J connectivity index is 1.63. The highest BCUT2D eigenvalue weighted by molar-refractivity contribution is 7.99. The number of thiophene rings is 1. The van der Waals surface area contributed by atoms with Crippen LogP contribution in [-0.4, -0.2) is 78.5 Å². The normalized spacial score (nSPS) is 19.0. The van der Waals surface area contributed by atoms with Crippen LogP contribution < -0.4 is 4.90 Å². The second-order valence-corrected chi connectivity index (χ2v) is 9.77. The van der Waals surface area contributed by atoms with E-state index in [-0.39, 0.29) is 5.91 Å². The van der Waals surface area contributed by atoms with Crippen LogP contribution in [0.2, 0.25) is 0 Å². The van der Waals surface area contributed by atoms with Gasteiger partial charge in [-0.25, -0.2) is 4.98 Å². The molecular weight excluding hydrogens is 388 g/mol. The average molecular weight is 417 g/mol. The number of pyridine rings is 1. The van der Waals surface area contributed by atoms with Gasteiger partial charge < -0.3 is 14.7 Å². The quantitative estimate of drug-likeness (QED) is 0.763. The molecule has 0 bridgehead atoms. The van der Waals surface area contributed by atoms with Gasteiger partial charge in [0.15, 0.2) is 0 Å². The van der Waals surface area contributed by atoms with E-state index in [1.54, 1.807) is 11.3 Å². The lowest BCUT2D eigenvalue weighted by Gasteiger charge is -2.36. The molecule has 2 aromatic rings. The largest absolute Gasteiger partial charge is 0.354 e. The minimum Gasteiger partial charge on any atom is -0.354 e. The number of amides is 1. The molecule has 2 saturated heterocycles. The number of anilines is 1. The first-order valence-corrected chi connectivity index (χ1v) is 12.0. The molecule has 0 spiro atoms. The second kappa shape index (κ2) is 8.84. The summed E-state index contributed by atoms with van der Waals surface area (Å²) >= 11 is 3.66. The Kier molecular flexibility index (Phi) is 6.23. The monoisotopic (exact) mass is 416 g/mol. The highest BCUT2D eigenvalue weighted by Crippen LogP contribution is 2.30. The molecule has 150 valence electrons. The Labute approximate surface area is 175 Å². The van der Waals surface area contributed by atoms with Gasteiger partial charge in [0, 0.05) is 37.7 Å². The van der Waals surface area contributed by atoms with Crippen molar-refractivity contribution in [3.63, 3.8) is 0 Å². The molecule has 1 amide bonds.